The molecule has 8 nitrogen and oxygen atoms in total. The maximum absolute atomic E-state index is 13.4. The Hall–Kier alpha value is -4.69. The van der Waals surface area contributed by atoms with E-state index in [1.807, 2.05) is 54.6 Å². The van der Waals surface area contributed by atoms with Crippen molar-refractivity contribution in [3.8, 4) is 5.75 Å². The quantitative estimate of drug-likeness (QED) is 0.244. The number of hydrogen-bond acceptors (Lipinski definition) is 6. The van der Waals surface area contributed by atoms with Gasteiger partial charge in [-0.15, -0.1) is 0 Å². The van der Waals surface area contributed by atoms with Crippen LogP contribution < -0.4 is 15.6 Å². The molecule has 202 valence electrons. The highest BCUT2D eigenvalue weighted by atomic mass is 35.5. The van der Waals surface area contributed by atoms with E-state index in [0.29, 0.717) is 39.2 Å². The van der Waals surface area contributed by atoms with Gasteiger partial charge in [-0.3, -0.25) is 20.4 Å². The minimum atomic E-state index is -0.679. The van der Waals surface area contributed by atoms with Crippen LogP contribution in [0.2, 0.25) is 5.02 Å². The summed E-state index contributed by atoms with van der Waals surface area (Å²) in [6, 6.07) is 21.3. The fourth-order valence-corrected chi connectivity index (χ4v) is 4.86. The van der Waals surface area contributed by atoms with E-state index in [1.165, 1.54) is 7.11 Å². The first-order valence-electron chi connectivity index (χ1n) is 12.7. The van der Waals surface area contributed by atoms with Crippen molar-refractivity contribution in [1.82, 2.24) is 15.8 Å². The number of rotatable bonds is 6. The van der Waals surface area contributed by atoms with Crippen molar-refractivity contribution in [3.05, 3.63) is 106 Å². The van der Waals surface area contributed by atoms with Gasteiger partial charge in [-0.2, -0.15) is 0 Å². The second-order valence-corrected chi connectivity index (χ2v) is 9.59. The number of hydrazine groups is 1. The van der Waals surface area contributed by atoms with Crippen molar-refractivity contribution in [3.63, 3.8) is 0 Å². The second kappa shape index (κ2) is 12.0. The first kappa shape index (κ1) is 26.9. The minimum absolute atomic E-state index is 0.327. The molecule has 40 heavy (non-hydrogen) atoms. The molecule has 9 heteroatoms. The van der Waals surface area contributed by atoms with Crippen LogP contribution in [0.5, 0.6) is 5.75 Å². The fourth-order valence-electron chi connectivity index (χ4n) is 4.67. The average molecular weight is 556 g/mol. The van der Waals surface area contributed by atoms with Gasteiger partial charge in [-0.25, -0.2) is 9.78 Å². The van der Waals surface area contributed by atoms with Crippen molar-refractivity contribution < 1.29 is 23.9 Å². The van der Waals surface area contributed by atoms with Crippen molar-refractivity contribution in [2.45, 2.75) is 19.3 Å². The summed E-state index contributed by atoms with van der Waals surface area (Å²) >= 11 is 6.40. The maximum atomic E-state index is 13.4. The molecular formula is C31H26ClN3O5. The lowest BCUT2D eigenvalue weighted by Crippen LogP contribution is -2.43. The molecule has 5 rings (SSSR count). The van der Waals surface area contributed by atoms with Gasteiger partial charge < -0.3 is 9.47 Å². The van der Waals surface area contributed by atoms with Gasteiger partial charge in [0.05, 0.1) is 23.9 Å². The molecular weight excluding hydrogens is 530 g/mol. The zero-order valence-electron chi connectivity index (χ0n) is 21.7. The van der Waals surface area contributed by atoms with E-state index in [9.17, 15) is 14.4 Å². The van der Waals surface area contributed by atoms with Crippen LogP contribution in [0.4, 0.5) is 0 Å². The van der Waals surface area contributed by atoms with Crippen LogP contribution in [0.15, 0.2) is 72.8 Å². The monoisotopic (exact) mass is 555 g/mol. The Labute approximate surface area is 235 Å². The normalized spacial score (nSPS) is 13.4. The van der Waals surface area contributed by atoms with Gasteiger partial charge in [-0.1, -0.05) is 48.0 Å². The number of aromatic nitrogens is 1. The van der Waals surface area contributed by atoms with Gasteiger partial charge in [0.1, 0.15) is 5.75 Å². The van der Waals surface area contributed by atoms with Crippen LogP contribution >= 0.6 is 11.6 Å². The first-order valence-corrected chi connectivity index (χ1v) is 13.1. The van der Waals surface area contributed by atoms with E-state index in [4.69, 9.17) is 26.1 Å². The predicted octanol–water partition coefficient (Wildman–Crippen LogP) is 5.39. The minimum Gasteiger partial charge on any atom is -0.497 e. The van der Waals surface area contributed by atoms with Crippen molar-refractivity contribution in [2.24, 2.45) is 0 Å². The number of allylic oxidation sites excluding steroid dienone is 1. The highest BCUT2D eigenvalue weighted by Crippen LogP contribution is 2.37. The van der Waals surface area contributed by atoms with Gasteiger partial charge in [0.2, 0.25) is 0 Å². The molecule has 0 unspecified atom stereocenters. The molecule has 4 aromatic rings. The number of fused-ring (bicyclic) bond motifs is 2. The summed E-state index contributed by atoms with van der Waals surface area (Å²) in [4.78, 5) is 43.0. The third-order valence-corrected chi connectivity index (χ3v) is 6.96. The smallest absolute Gasteiger partial charge is 0.339 e. The summed E-state index contributed by atoms with van der Waals surface area (Å²) in [7, 11) is 1.53. The first-order chi connectivity index (χ1) is 19.4. The third-order valence-electron chi connectivity index (χ3n) is 6.61. The lowest BCUT2D eigenvalue weighted by Gasteiger charge is -2.22. The summed E-state index contributed by atoms with van der Waals surface area (Å²) < 4.78 is 10.5. The van der Waals surface area contributed by atoms with E-state index in [0.717, 1.165) is 35.2 Å². The number of carbonyl (C=O) groups is 3. The Balaban J connectivity index is 1.34. The molecule has 1 aromatic heterocycles. The van der Waals surface area contributed by atoms with Crippen LogP contribution in [0.3, 0.4) is 0 Å². The molecule has 1 aliphatic rings. The summed E-state index contributed by atoms with van der Waals surface area (Å²) in [5, 5.41) is 1.28. The number of benzene rings is 3. The van der Waals surface area contributed by atoms with E-state index in [2.05, 4.69) is 10.9 Å². The molecule has 1 heterocycles. The Bertz CT molecular complexity index is 1630. The van der Waals surface area contributed by atoms with Crippen molar-refractivity contribution in [2.75, 3.05) is 13.7 Å². The molecule has 0 radical (unpaired) electrons. The summed E-state index contributed by atoms with van der Waals surface area (Å²) in [5.74, 6) is -1.23. The van der Waals surface area contributed by atoms with Crippen LogP contribution in [0.25, 0.3) is 22.6 Å². The van der Waals surface area contributed by atoms with Gasteiger partial charge in [-0.05, 0) is 78.4 Å². The van der Waals surface area contributed by atoms with E-state index >= 15 is 0 Å². The van der Waals surface area contributed by atoms with Crippen LogP contribution in [-0.2, 0) is 16.0 Å². The van der Waals surface area contributed by atoms with E-state index in [-0.39, 0.29) is 0 Å². The highest BCUT2D eigenvalue weighted by Gasteiger charge is 2.26. The number of carbonyl (C=O) groups excluding carboxylic acids is 3. The molecule has 3 aromatic carbocycles. The number of hydrogen-bond donors (Lipinski definition) is 2. The molecule has 2 amide bonds. The van der Waals surface area contributed by atoms with Crippen LogP contribution in [0, 0.1) is 0 Å². The number of nitrogens with one attached hydrogen (secondary N) is 2. The number of para-hydroxylation sites is 1. The van der Waals surface area contributed by atoms with Crippen LogP contribution in [-0.4, -0.2) is 36.5 Å². The Kier molecular flexibility index (Phi) is 8.07. The van der Waals surface area contributed by atoms with Crippen molar-refractivity contribution >= 4 is 51.9 Å². The number of amides is 2. The maximum Gasteiger partial charge on any atom is 0.339 e. The average Bonchev–Trinajstić information content (AvgIpc) is 2.98. The highest BCUT2D eigenvalue weighted by molar-refractivity contribution is 6.32. The zero-order chi connectivity index (χ0) is 28.1. The standard InChI is InChI=1S/C31H26ClN3O5/c1-39-22-15-13-19(14-16-22)30(37)35-34-27(36)18-40-31(38)28-23-9-3-5-12-26(23)33-29-21(8-6-10-24(28)29)17-20-7-2-4-11-25(20)32/h2-5,7,9,11-17H,6,8,10,18H2,1H3,(H,34,36)(H,35,37)/b21-17-. The number of esters is 1. The lowest BCUT2D eigenvalue weighted by atomic mass is 9.86. The molecule has 0 saturated carbocycles. The van der Waals surface area contributed by atoms with Crippen molar-refractivity contribution in [1.29, 1.82) is 0 Å². The lowest BCUT2D eigenvalue weighted by molar-refractivity contribution is -0.125. The molecule has 0 saturated heterocycles. The van der Waals surface area contributed by atoms with E-state index < -0.39 is 24.4 Å². The fraction of sp³-hybridized carbons (Fsp3) is 0.161. The topological polar surface area (TPSA) is 107 Å². The number of pyridine rings is 1. The zero-order valence-corrected chi connectivity index (χ0v) is 22.5. The number of ether oxygens (including phenoxy) is 2. The largest absolute Gasteiger partial charge is 0.497 e. The third kappa shape index (κ3) is 5.82. The molecule has 2 N–H and O–H groups in total. The number of methoxy groups -OCH3 is 1. The Morgan fingerprint density at radius 2 is 1.70 bits per heavy atom. The number of halogens is 1. The summed E-state index contributed by atoms with van der Waals surface area (Å²) in [6.07, 6.45) is 4.26. The Morgan fingerprint density at radius 1 is 0.950 bits per heavy atom. The SMILES string of the molecule is COc1ccc(C(=O)NNC(=O)COC(=O)c2c3c(nc4ccccc24)/C(=C\c2ccccc2Cl)CCC3)cc1. The molecule has 1 aliphatic carbocycles. The van der Waals surface area contributed by atoms with E-state index in [1.54, 1.807) is 24.3 Å². The molecule has 0 aliphatic heterocycles. The predicted molar refractivity (Wildman–Crippen MR) is 153 cm³/mol. The molecule has 0 bridgehead atoms. The molecule has 0 atom stereocenters. The molecule has 0 spiro atoms. The van der Waals surface area contributed by atoms with Gasteiger partial charge in [0, 0.05) is 16.0 Å². The van der Waals surface area contributed by atoms with Gasteiger partial charge >= 0.3 is 5.97 Å². The van der Waals surface area contributed by atoms with Gasteiger partial charge in [0.15, 0.2) is 6.61 Å². The summed E-state index contributed by atoms with van der Waals surface area (Å²) in [6.45, 7) is -0.574. The Morgan fingerprint density at radius 3 is 2.48 bits per heavy atom. The van der Waals surface area contributed by atoms with Gasteiger partial charge in [0.25, 0.3) is 11.8 Å². The second-order valence-electron chi connectivity index (χ2n) is 9.18. The summed E-state index contributed by atoms with van der Waals surface area (Å²) in [5.41, 5.74) is 9.32. The number of nitrogens with zero attached hydrogens (tertiary/aromatic N) is 1. The molecule has 0 fully saturated rings. The van der Waals surface area contributed by atoms with Crippen LogP contribution in [0.1, 0.15) is 50.4 Å².